The number of hydrogen-bond donors (Lipinski definition) is 2. The normalized spacial score (nSPS) is 10.2. The third-order valence-corrected chi connectivity index (χ3v) is 1.86. The zero-order chi connectivity index (χ0) is 9.30. The highest BCUT2D eigenvalue weighted by Crippen LogP contribution is 2.08. The minimum absolute atomic E-state index is 0.0814. The summed E-state index contributed by atoms with van der Waals surface area (Å²) in [4.78, 5) is 14.5. The van der Waals surface area contributed by atoms with E-state index in [1.54, 1.807) is 18.5 Å². The molecule has 1 aromatic heterocycles. The summed E-state index contributed by atoms with van der Waals surface area (Å²) in [6.07, 6.45) is 0. The second-order valence-electron chi connectivity index (χ2n) is 2.53. The molecule has 0 aliphatic heterocycles. The Labute approximate surface area is 69.8 Å². The molecule has 0 saturated heterocycles. The lowest BCUT2D eigenvalue weighted by molar-refractivity contribution is 0.0690. The molecule has 1 rings (SSSR count). The van der Waals surface area contributed by atoms with Crippen LogP contribution >= 0.6 is 0 Å². The first-order valence-corrected chi connectivity index (χ1v) is 3.53. The summed E-state index contributed by atoms with van der Waals surface area (Å²) in [5.41, 5.74) is 6.07. The predicted octanol–water partition coefficient (Wildman–Crippen LogP) is -0.115. The lowest BCUT2D eigenvalue weighted by Crippen LogP contribution is -2.05. The van der Waals surface area contributed by atoms with Gasteiger partial charge in [-0.05, 0) is 6.92 Å². The second kappa shape index (κ2) is 2.94. The number of carboxylic acids is 1. The Morgan fingerprint density at radius 3 is 2.58 bits per heavy atom. The van der Waals surface area contributed by atoms with Crippen LogP contribution in [0.3, 0.4) is 0 Å². The molecule has 0 aliphatic carbocycles. The smallest absolute Gasteiger partial charge is 0.356 e. The summed E-state index contributed by atoms with van der Waals surface area (Å²) in [6, 6.07) is 0. The summed E-state index contributed by atoms with van der Waals surface area (Å²) in [5, 5.41) is 8.68. The largest absolute Gasteiger partial charge is 0.476 e. The molecular formula is C7H11N3O2. The third-order valence-electron chi connectivity index (χ3n) is 1.86. The van der Waals surface area contributed by atoms with Crippen LogP contribution in [-0.2, 0) is 13.6 Å². The highest BCUT2D eigenvalue weighted by Gasteiger charge is 2.15. The van der Waals surface area contributed by atoms with Crippen LogP contribution in [0.1, 0.15) is 22.0 Å². The van der Waals surface area contributed by atoms with Crippen LogP contribution in [0.25, 0.3) is 0 Å². The molecule has 0 bridgehead atoms. The van der Waals surface area contributed by atoms with Gasteiger partial charge in [0.15, 0.2) is 5.69 Å². The van der Waals surface area contributed by atoms with Crippen molar-refractivity contribution >= 4 is 5.97 Å². The fraction of sp³-hybridized carbons (Fsp3) is 0.429. The highest BCUT2D eigenvalue weighted by molar-refractivity contribution is 5.86. The molecule has 0 amide bonds. The van der Waals surface area contributed by atoms with Crippen LogP contribution in [0.5, 0.6) is 0 Å². The molecule has 1 aromatic rings. The van der Waals surface area contributed by atoms with Gasteiger partial charge in [0.2, 0.25) is 0 Å². The van der Waals surface area contributed by atoms with E-state index in [0.717, 1.165) is 0 Å². The molecule has 0 saturated carbocycles. The molecule has 0 aliphatic rings. The highest BCUT2D eigenvalue weighted by atomic mass is 16.4. The van der Waals surface area contributed by atoms with E-state index in [9.17, 15) is 4.79 Å². The standard InChI is InChI=1S/C7H11N3O2/c1-4-6(7(11)12)9-5(3-8)10(4)2/h3,8H2,1-2H3,(H,11,12). The summed E-state index contributed by atoms with van der Waals surface area (Å²) in [7, 11) is 1.75. The number of hydrogen-bond acceptors (Lipinski definition) is 3. The molecule has 3 N–H and O–H groups in total. The Balaban J connectivity index is 3.25. The SMILES string of the molecule is Cc1c(C(=O)O)nc(CN)n1C. The molecule has 0 spiro atoms. The zero-order valence-electron chi connectivity index (χ0n) is 7.03. The van der Waals surface area contributed by atoms with Gasteiger partial charge in [-0.3, -0.25) is 0 Å². The van der Waals surface area contributed by atoms with Gasteiger partial charge in [-0.15, -0.1) is 0 Å². The van der Waals surface area contributed by atoms with Gasteiger partial charge in [-0.2, -0.15) is 0 Å². The minimum Gasteiger partial charge on any atom is -0.476 e. The van der Waals surface area contributed by atoms with Crippen LogP contribution in [0, 0.1) is 6.92 Å². The Morgan fingerprint density at radius 1 is 1.75 bits per heavy atom. The number of carbonyl (C=O) groups is 1. The van der Waals surface area contributed by atoms with Gasteiger partial charge in [0.25, 0.3) is 0 Å². The molecule has 66 valence electrons. The van der Waals surface area contributed by atoms with Crippen molar-refractivity contribution in [1.29, 1.82) is 0 Å². The van der Waals surface area contributed by atoms with Crippen LogP contribution < -0.4 is 5.73 Å². The zero-order valence-corrected chi connectivity index (χ0v) is 7.03. The molecule has 5 nitrogen and oxygen atoms in total. The Morgan fingerprint density at radius 2 is 2.33 bits per heavy atom. The number of aromatic nitrogens is 2. The number of carboxylic acid groups (broad SMARTS) is 1. The van der Waals surface area contributed by atoms with E-state index < -0.39 is 5.97 Å². The van der Waals surface area contributed by atoms with Crippen molar-refractivity contribution in [2.24, 2.45) is 12.8 Å². The van der Waals surface area contributed by atoms with Crippen molar-refractivity contribution in [3.05, 3.63) is 17.2 Å². The lowest BCUT2D eigenvalue weighted by atomic mass is 10.3. The van der Waals surface area contributed by atoms with Crippen LogP contribution in [0.2, 0.25) is 0 Å². The Hall–Kier alpha value is -1.36. The van der Waals surface area contributed by atoms with Gasteiger partial charge in [-0.25, -0.2) is 9.78 Å². The van der Waals surface area contributed by atoms with Crippen LogP contribution in [0.15, 0.2) is 0 Å². The second-order valence-corrected chi connectivity index (χ2v) is 2.53. The molecule has 0 atom stereocenters. The first kappa shape index (κ1) is 8.73. The van der Waals surface area contributed by atoms with E-state index in [1.165, 1.54) is 0 Å². The van der Waals surface area contributed by atoms with Gasteiger partial charge in [-0.1, -0.05) is 0 Å². The summed E-state index contributed by atoms with van der Waals surface area (Å²) in [6.45, 7) is 1.96. The summed E-state index contributed by atoms with van der Waals surface area (Å²) < 4.78 is 1.68. The van der Waals surface area contributed by atoms with Crippen molar-refractivity contribution in [2.75, 3.05) is 0 Å². The van der Waals surface area contributed by atoms with E-state index in [1.807, 2.05) is 0 Å². The molecule has 0 unspecified atom stereocenters. The van der Waals surface area contributed by atoms with Crippen LogP contribution in [-0.4, -0.2) is 20.6 Å². The first-order valence-electron chi connectivity index (χ1n) is 3.53. The lowest BCUT2D eigenvalue weighted by Gasteiger charge is -1.97. The van der Waals surface area contributed by atoms with Crippen molar-refractivity contribution in [1.82, 2.24) is 9.55 Å². The number of imidazole rings is 1. The van der Waals surface area contributed by atoms with E-state index in [4.69, 9.17) is 10.8 Å². The van der Waals surface area contributed by atoms with Gasteiger partial charge < -0.3 is 15.4 Å². The van der Waals surface area contributed by atoms with E-state index in [0.29, 0.717) is 11.5 Å². The molecule has 5 heteroatoms. The first-order chi connectivity index (χ1) is 5.57. The maximum Gasteiger partial charge on any atom is 0.356 e. The Kier molecular flexibility index (Phi) is 2.14. The third kappa shape index (κ3) is 1.18. The average Bonchev–Trinajstić information content (AvgIpc) is 2.30. The van der Waals surface area contributed by atoms with Crippen molar-refractivity contribution in [2.45, 2.75) is 13.5 Å². The average molecular weight is 169 g/mol. The number of nitrogens with two attached hydrogens (primary N) is 1. The molecule has 1 heterocycles. The topological polar surface area (TPSA) is 81.1 Å². The number of rotatable bonds is 2. The van der Waals surface area contributed by atoms with Crippen molar-refractivity contribution in [3.8, 4) is 0 Å². The number of nitrogens with zero attached hydrogens (tertiary/aromatic N) is 2. The molecule has 0 radical (unpaired) electrons. The van der Waals surface area contributed by atoms with Gasteiger partial charge in [0.1, 0.15) is 5.82 Å². The fourth-order valence-electron chi connectivity index (χ4n) is 1.02. The predicted molar refractivity (Wildman–Crippen MR) is 42.8 cm³/mol. The number of aromatic carboxylic acids is 1. The van der Waals surface area contributed by atoms with E-state index >= 15 is 0 Å². The maximum atomic E-state index is 10.6. The molecule has 12 heavy (non-hydrogen) atoms. The Bertz CT molecular complexity index is 317. The molecule has 0 aromatic carbocycles. The quantitative estimate of drug-likeness (QED) is 0.647. The molecular weight excluding hydrogens is 158 g/mol. The fourth-order valence-corrected chi connectivity index (χ4v) is 1.02. The van der Waals surface area contributed by atoms with Crippen molar-refractivity contribution in [3.63, 3.8) is 0 Å². The molecule has 0 fully saturated rings. The minimum atomic E-state index is -1.01. The van der Waals surface area contributed by atoms with Crippen LogP contribution in [0.4, 0.5) is 0 Å². The van der Waals surface area contributed by atoms with E-state index in [-0.39, 0.29) is 12.2 Å². The van der Waals surface area contributed by atoms with E-state index in [2.05, 4.69) is 4.98 Å². The monoisotopic (exact) mass is 169 g/mol. The van der Waals surface area contributed by atoms with Gasteiger partial charge >= 0.3 is 5.97 Å². The summed E-state index contributed by atoms with van der Waals surface area (Å²) >= 11 is 0. The van der Waals surface area contributed by atoms with Gasteiger partial charge in [0, 0.05) is 12.7 Å². The maximum absolute atomic E-state index is 10.6. The van der Waals surface area contributed by atoms with Crippen molar-refractivity contribution < 1.29 is 9.90 Å². The summed E-state index contributed by atoms with van der Waals surface area (Å²) in [5.74, 6) is -0.423. The van der Waals surface area contributed by atoms with Gasteiger partial charge in [0.05, 0.1) is 6.54 Å².